The highest BCUT2D eigenvalue weighted by Gasteiger charge is 2.32. The van der Waals surface area contributed by atoms with E-state index in [1.807, 2.05) is 51.0 Å². The molecule has 4 aromatic rings. The molecule has 16 heteroatoms. The summed E-state index contributed by atoms with van der Waals surface area (Å²) in [5, 5.41) is -0.817. The van der Waals surface area contributed by atoms with Gasteiger partial charge in [-0.05, 0) is 66.2 Å². The number of allylic oxidation sites excluding steroid dienone is 2. The van der Waals surface area contributed by atoms with Crippen molar-refractivity contribution in [1.82, 2.24) is 4.57 Å². The first-order valence-electron chi connectivity index (χ1n) is 17.0. The summed E-state index contributed by atoms with van der Waals surface area (Å²) in [6.45, 7) is 12.4. The monoisotopic (exact) mass is 843 g/mol. The Hall–Kier alpha value is -2.81. The Labute approximate surface area is 332 Å². The molecule has 0 fully saturated rings. The van der Waals surface area contributed by atoms with Gasteiger partial charge in [0.2, 0.25) is 0 Å². The van der Waals surface area contributed by atoms with Gasteiger partial charge in [-0.1, -0.05) is 87.9 Å². The van der Waals surface area contributed by atoms with E-state index in [1.54, 1.807) is 24.3 Å². The number of hydrogen-bond donors (Lipinski definition) is 0. The SMILES string of the molecule is CCN1/C(=C\C=C\c2n(CC)c3cc(Cl)c(Cl)cc3[n+]2CCC(C)S(=O)(=O)[O-])N(CCC(C)S(=O)(=O)[O-])c2cc(Cl)c(Cl)cc21.Cc1ccc(C)cc1. The molecule has 0 saturated heterocycles. The van der Waals surface area contributed by atoms with Gasteiger partial charge in [0, 0.05) is 43.0 Å². The molecule has 1 aliphatic heterocycles. The number of nitrogens with zero attached hydrogens (tertiary/aromatic N) is 4. The van der Waals surface area contributed by atoms with Gasteiger partial charge in [0.15, 0.2) is 11.0 Å². The molecule has 2 unspecified atom stereocenters. The number of hydrogen-bond acceptors (Lipinski definition) is 8. The average Bonchev–Trinajstić information content (AvgIpc) is 3.52. The van der Waals surface area contributed by atoms with E-state index in [4.69, 9.17) is 46.4 Å². The number of halogens is 4. The van der Waals surface area contributed by atoms with Gasteiger partial charge < -0.3 is 18.9 Å². The second-order valence-corrected chi connectivity index (χ2v) is 18.1. The summed E-state index contributed by atoms with van der Waals surface area (Å²) in [6.07, 6.45) is 5.69. The Morgan fingerprint density at radius 2 is 1.23 bits per heavy atom. The van der Waals surface area contributed by atoms with Crippen molar-refractivity contribution in [3.05, 3.63) is 104 Å². The molecule has 0 radical (unpaired) electrons. The van der Waals surface area contributed by atoms with Crippen LogP contribution in [0.15, 0.2) is 66.5 Å². The first-order valence-corrected chi connectivity index (χ1v) is 21.5. The minimum atomic E-state index is -4.48. The van der Waals surface area contributed by atoms with Crippen LogP contribution in [0.5, 0.6) is 0 Å². The third-order valence-corrected chi connectivity index (χ3v) is 13.0. The fourth-order valence-corrected chi connectivity index (χ4v) is 7.38. The van der Waals surface area contributed by atoms with Gasteiger partial charge in [-0.2, -0.15) is 0 Å². The van der Waals surface area contributed by atoms with Gasteiger partial charge in [-0.3, -0.25) is 0 Å². The summed E-state index contributed by atoms with van der Waals surface area (Å²) in [5.74, 6) is 1.42. The van der Waals surface area contributed by atoms with Gasteiger partial charge in [-0.25, -0.2) is 26.0 Å². The number of aryl methyl sites for hydroxylation is 4. The van der Waals surface area contributed by atoms with Crippen LogP contribution < -0.4 is 14.4 Å². The van der Waals surface area contributed by atoms with Crippen LogP contribution >= 0.6 is 46.4 Å². The minimum absolute atomic E-state index is 0.0799. The Bertz CT molecular complexity index is 2220. The van der Waals surface area contributed by atoms with Crippen molar-refractivity contribution in [2.24, 2.45) is 0 Å². The predicted molar refractivity (Wildman–Crippen MR) is 215 cm³/mol. The van der Waals surface area contributed by atoms with Crippen LogP contribution in [0.4, 0.5) is 11.4 Å². The molecule has 0 amide bonds. The van der Waals surface area contributed by atoms with Crippen LogP contribution in [0.2, 0.25) is 20.1 Å². The highest BCUT2D eigenvalue weighted by molar-refractivity contribution is 7.86. The second kappa shape index (κ2) is 17.8. The van der Waals surface area contributed by atoms with Crippen molar-refractivity contribution < 1.29 is 30.5 Å². The van der Waals surface area contributed by atoms with E-state index in [2.05, 4.69) is 38.1 Å². The van der Waals surface area contributed by atoms with Crippen molar-refractivity contribution in [2.45, 2.75) is 78.0 Å². The Morgan fingerprint density at radius 1 is 0.736 bits per heavy atom. The van der Waals surface area contributed by atoms with Crippen molar-refractivity contribution >= 4 is 95.1 Å². The van der Waals surface area contributed by atoms with Gasteiger partial charge in [0.1, 0.15) is 5.82 Å². The molecule has 0 aliphatic carbocycles. The molecule has 5 rings (SSSR count). The van der Waals surface area contributed by atoms with Crippen LogP contribution in [0.25, 0.3) is 17.1 Å². The summed E-state index contributed by atoms with van der Waals surface area (Å²) < 4.78 is 73.8. The zero-order valence-corrected chi connectivity index (χ0v) is 35.0. The first kappa shape index (κ1) is 42.9. The van der Waals surface area contributed by atoms with Gasteiger partial charge in [0.05, 0.1) is 70.0 Å². The van der Waals surface area contributed by atoms with Gasteiger partial charge in [0.25, 0.3) is 5.82 Å². The average molecular weight is 846 g/mol. The van der Waals surface area contributed by atoms with E-state index >= 15 is 0 Å². The molecular weight excluding hydrogens is 802 g/mol. The number of imidazole rings is 1. The second-order valence-electron chi connectivity index (χ2n) is 12.9. The van der Waals surface area contributed by atoms with Crippen LogP contribution in [-0.2, 0) is 33.3 Å². The smallest absolute Gasteiger partial charge is 0.282 e. The Kier molecular flexibility index (Phi) is 14.4. The number of aromatic nitrogens is 2. The zero-order valence-electron chi connectivity index (χ0n) is 30.3. The Balaban J connectivity index is 0.000000692. The van der Waals surface area contributed by atoms with Gasteiger partial charge >= 0.3 is 0 Å². The lowest BCUT2D eigenvalue weighted by molar-refractivity contribution is -0.674. The maximum absolute atomic E-state index is 11.6. The molecule has 2 heterocycles. The molecule has 10 nitrogen and oxygen atoms in total. The van der Waals surface area contributed by atoms with Crippen LogP contribution in [0, 0.1) is 13.8 Å². The fraction of sp³-hybridized carbons (Fsp3) is 0.378. The largest absolute Gasteiger partial charge is 0.748 e. The summed E-state index contributed by atoms with van der Waals surface area (Å²) in [5.41, 5.74) is 5.65. The summed E-state index contributed by atoms with van der Waals surface area (Å²) in [4.78, 5) is 3.90. The number of anilines is 2. The Morgan fingerprint density at radius 3 is 1.74 bits per heavy atom. The molecule has 0 spiro atoms. The molecular formula is C37H43Cl4N4O6S2-. The maximum Gasteiger partial charge on any atom is 0.282 e. The number of rotatable bonds is 12. The van der Waals surface area contributed by atoms with Crippen molar-refractivity contribution in [2.75, 3.05) is 22.9 Å². The topological polar surface area (TPSA) is 130 Å². The standard InChI is InChI=1S/C29H34Cl4N4O6S2.C8H10/c1-5-34-24-14-20(30)22(32)16-26(24)36(12-10-18(3)44(38,39)40)28(34)8-7-9-29-35(6-2)25-15-21(31)23(33)17-27(25)37(29)13-11-19(4)45(41,42)43;1-7-3-5-8(2)6-4-7/h7-9,14-19H,5-6,10-13H2,1-4H3,(H-,38,39,40,41,42,43);3-6H,1-2H3/p-1. The van der Waals surface area contributed by atoms with Crippen LogP contribution in [0.3, 0.4) is 0 Å². The van der Waals surface area contributed by atoms with E-state index in [1.165, 1.54) is 25.0 Å². The summed E-state index contributed by atoms with van der Waals surface area (Å²) in [6, 6.07) is 15.4. The van der Waals surface area contributed by atoms with Crippen molar-refractivity contribution in [1.29, 1.82) is 0 Å². The van der Waals surface area contributed by atoms with Crippen molar-refractivity contribution in [3.8, 4) is 0 Å². The highest BCUT2D eigenvalue weighted by atomic mass is 35.5. The normalized spacial score (nSPS) is 15.3. The third-order valence-electron chi connectivity index (χ3n) is 9.15. The van der Waals surface area contributed by atoms with E-state index in [9.17, 15) is 25.9 Å². The molecule has 1 aliphatic rings. The maximum atomic E-state index is 11.6. The highest BCUT2D eigenvalue weighted by Crippen LogP contribution is 2.45. The molecule has 0 bridgehead atoms. The lowest BCUT2D eigenvalue weighted by atomic mass is 10.2. The molecule has 288 valence electrons. The summed E-state index contributed by atoms with van der Waals surface area (Å²) >= 11 is 25.5. The zero-order chi connectivity index (χ0) is 39.4. The molecule has 3 aromatic carbocycles. The van der Waals surface area contributed by atoms with E-state index in [0.29, 0.717) is 44.8 Å². The van der Waals surface area contributed by atoms with Crippen LogP contribution in [-0.4, -0.2) is 54.1 Å². The molecule has 0 saturated carbocycles. The summed E-state index contributed by atoms with van der Waals surface area (Å²) in [7, 11) is -8.96. The van der Waals surface area contributed by atoms with E-state index in [0.717, 1.165) is 22.4 Å². The van der Waals surface area contributed by atoms with Crippen LogP contribution in [0.1, 0.15) is 57.5 Å². The molecule has 53 heavy (non-hydrogen) atoms. The van der Waals surface area contributed by atoms with Gasteiger partial charge in [-0.15, -0.1) is 0 Å². The van der Waals surface area contributed by atoms with Crippen molar-refractivity contribution in [3.63, 3.8) is 0 Å². The third kappa shape index (κ3) is 10.3. The fourth-order valence-electron chi connectivity index (χ4n) is 5.96. The van der Waals surface area contributed by atoms with E-state index in [-0.39, 0.29) is 25.9 Å². The predicted octanol–water partition coefficient (Wildman–Crippen LogP) is 8.71. The number of benzene rings is 3. The molecule has 0 N–H and O–H groups in total. The first-order chi connectivity index (χ1) is 24.8. The minimum Gasteiger partial charge on any atom is -0.748 e. The lowest BCUT2D eigenvalue weighted by Gasteiger charge is -2.26. The molecule has 2 atom stereocenters. The quantitative estimate of drug-likeness (QED) is 0.102. The lowest BCUT2D eigenvalue weighted by Crippen LogP contribution is -2.38. The number of fused-ring (bicyclic) bond motifs is 2. The van der Waals surface area contributed by atoms with E-state index < -0.39 is 30.7 Å². The molecule has 1 aromatic heterocycles.